The summed E-state index contributed by atoms with van der Waals surface area (Å²) in [5.41, 5.74) is 1.44. The largest absolute Gasteiger partial charge is 1.00 e. The summed E-state index contributed by atoms with van der Waals surface area (Å²) in [7, 11) is 2.34. The summed E-state index contributed by atoms with van der Waals surface area (Å²) in [5, 5.41) is 0. The molecule has 0 aliphatic heterocycles. The monoisotopic (exact) mass is 227 g/mol. The van der Waals surface area contributed by atoms with Crippen LogP contribution in [-0.4, -0.2) is 20.1 Å². The van der Waals surface area contributed by atoms with Crippen LogP contribution >= 0.6 is 0 Å². The summed E-state index contributed by atoms with van der Waals surface area (Å²) in [4.78, 5) is 0. The Kier molecular flexibility index (Phi) is 6.62. The minimum Gasteiger partial charge on any atom is -1.00 e. The van der Waals surface area contributed by atoms with Crippen LogP contribution in [0.5, 0.6) is 0 Å². The third-order valence-electron chi connectivity index (χ3n) is 2.81. The molecule has 2 heteroatoms. The van der Waals surface area contributed by atoms with Crippen molar-refractivity contribution in [1.82, 2.24) is 4.48 Å². The fourth-order valence-corrected chi connectivity index (χ4v) is 2.14. The molecule has 1 aromatic rings. The van der Waals surface area contributed by atoms with Gasteiger partial charge in [0.2, 0.25) is 0 Å². The second kappa shape index (κ2) is 6.86. The van der Waals surface area contributed by atoms with Gasteiger partial charge in [0.25, 0.3) is 0 Å². The maximum Gasteiger partial charge on any atom is 0.132 e. The van der Waals surface area contributed by atoms with Gasteiger partial charge in [-0.25, -0.2) is 0 Å². The highest BCUT2D eigenvalue weighted by molar-refractivity contribution is 5.41. The lowest BCUT2D eigenvalue weighted by Crippen LogP contribution is -3.00. The van der Waals surface area contributed by atoms with Crippen LogP contribution < -0.4 is 16.9 Å². The van der Waals surface area contributed by atoms with E-state index in [-0.39, 0.29) is 12.4 Å². The zero-order valence-electron chi connectivity index (χ0n) is 10.0. The van der Waals surface area contributed by atoms with Crippen LogP contribution in [0.15, 0.2) is 30.3 Å². The van der Waals surface area contributed by atoms with E-state index < -0.39 is 0 Å². The Morgan fingerprint density at radius 1 is 0.933 bits per heavy atom. The van der Waals surface area contributed by atoms with E-state index in [2.05, 4.69) is 51.2 Å². The van der Waals surface area contributed by atoms with Crippen LogP contribution in [0.4, 0.5) is 5.69 Å². The molecule has 0 aliphatic rings. The van der Waals surface area contributed by atoms with Gasteiger partial charge in [-0.3, -0.25) is 4.48 Å². The lowest BCUT2D eigenvalue weighted by atomic mass is 10.2. The summed E-state index contributed by atoms with van der Waals surface area (Å²) >= 11 is 0. The molecule has 0 radical (unpaired) electrons. The maximum atomic E-state index is 2.34. The molecule has 0 bridgehead atoms. The fourth-order valence-electron chi connectivity index (χ4n) is 2.14. The van der Waals surface area contributed by atoms with Gasteiger partial charge in [-0.15, -0.1) is 0 Å². The highest BCUT2D eigenvalue weighted by Gasteiger charge is 2.21. The minimum atomic E-state index is 0. The molecule has 1 rings (SSSR count). The molecular formula is C13H22ClN. The van der Waals surface area contributed by atoms with Gasteiger partial charge in [-0.1, -0.05) is 32.0 Å². The first kappa shape index (κ1) is 14.5. The zero-order chi connectivity index (χ0) is 10.4. The zero-order valence-corrected chi connectivity index (χ0v) is 10.8. The Hall–Kier alpha value is -0.530. The molecule has 0 atom stereocenters. The molecule has 86 valence electrons. The van der Waals surface area contributed by atoms with E-state index >= 15 is 0 Å². The van der Waals surface area contributed by atoms with Gasteiger partial charge in [0.15, 0.2) is 0 Å². The first-order valence-corrected chi connectivity index (χ1v) is 5.63. The third-order valence-corrected chi connectivity index (χ3v) is 2.81. The van der Waals surface area contributed by atoms with Gasteiger partial charge in [-0.05, 0) is 25.0 Å². The van der Waals surface area contributed by atoms with Crippen molar-refractivity contribution < 1.29 is 12.4 Å². The Morgan fingerprint density at radius 2 is 1.40 bits per heavy atom. The molecule has 1 nitrogen and oxygen atoms in total. The van der Waals surface area contributed by atoms with E-state index in [9.17, 15) is 0 Å². The standard InChI is InChI=1S/C13H22N.ClH/c1-4-11-14(3,12-5-2)13-9-7-6-8-10-13;/h6-10H,4-5,11-12H2,1-3H3;1H/q+1;/p-1. The van der Waals surface area contributed by atoms with Crippen molar-refractivity contribution in [1.29, 1.82) is 0 Å². The smallest absolute Gasteiger partial charge is 0.132 e. The summed E-state index contributed by atoms with van der Waals surface area (Å²) < 4.78 is 1.08. The molecule has 0 heterocycles. The molecule has 0 spiro atoms. The first-order valence-electron chi connectivity index (χ1n) is 5.63. The van der Waals surface area contributed by atoms with Gasteiger partial charge in [-0.2, -0.15) is 0 Å². The van der Waals surface area contributed by atoms with Crippen molar-refractivity contribution in [2.75, 3.05) is 20.1 Å². The van der Waals surface area contributed by atoms with Crippen LogP contribution in [0, 0.1) is 0 Å². The third kappa shape index (κ3) is 3.84. The molecule has 0 saturated carbocycles. The fraction of sp³-hybridized carbons (Fsp3) is 0.538. The molecule has 1 aromatic carbocycles. The lowest BCUT2D eigenvalue weighted by Gasteiger charge is -2.33. The van der Waals surface area contributed by atoms with Crippen LogP contribution in [0.1, 0.15) is 26.7 Å². The van der Waals surface area contributed by atoms with Gasteiger partial charge in [0.05, 0.1) is 20.1 Å². The van der Waals surface area contributed by atoms with Crippen LogP contribution in [-0.2, 0) is 0 Å². The lowest BCUT2D eigenvalue weighted by molar-refractivity contribution is -0.00000316. The average Bonchev–Trinajstić information content (AvgIpc) is 2.20. The van der Waals surface area contributed by atoms with Crippen LogP contribution in [0.2, 0.25) is 0 Å². The van der Waals surface area contributed by atoms with Gasteiger partial charge in [0.1, 0.15) is 5.69 Å². The van der Waals surface area contributed by atoms with Crippen molar-refractivity contribution in [3.63, 3.8) is 0 Å². The summed E-state index contributed by atoms with van der Waals surface area (Å²) in [6.07, 6.45) is 2.48. The van der Waals surface area contributed by atoms with Crippen molar-refractivity contribution in [2.24, 2.45) is 0 Å². The number of rotatable bonds is 5. The predicted octanol–water partition coefficient (Wildman–Crippen LogP) is 0.448. The van der Waals surface area contributed by atoms with E-state index in [1.807, 2.05) is 0 Å². The van der Waals surface area contributed by atoms with E-state index in [4.69, 9.17) is 0 Å². The molecule has 0 N–H and O–H groups in total. The van der Waals surface area contributed by atoms with E-state index in [1.54, 1.807) is 0 Å². The number of quaternary nitrogens is 1. The molecule has 0 unspecified atom stereocenters. The second-order valence-corrected chi connectivity index (χ2v) is 4.18. The molecular weight excluding hydrogens is 206 g/mol. The van der Waals surface area contributed by atoms with Gasteiger partial charge in [0, 0.05) is 0 Å². The molecule has 0 saturated heterocycles. The number of halogens is 1. The SMILES string of the molecule is CCC[N+](C)(CCC)c1ccccc1.[Cl-]. The van der Waals surface area contributed by atoms with Crippen molar-refractivity contribution in [3.8, 4) is 0 Å². The number of benzene rings is 1. The van der Waals surface area contributed by atoms with Gasteiger partial charge < -0.3 is 12.4 Å². The second-order valence-electron chi connectivity index (χ2n) is 4.18. The average molecular weight is 228 g/mol. The Labute approximate surface area is 100 Å². The quantitative estimate of drug-likeness (QED) is 0.641. The Morgan fingerprint density at radius 3 is 1.80 bits per heavy atom. The van der Waals surface area contributed by atoms with E-state index in [0.717, 1.165) is 4.48 Å². The normalized spacial score (nSPS) is 10.9. The summed E-state index contributed by atoms with van der Waals surface area (Å²) in [6.45, 7) is 6.99. The topological polar surface area (TPSA) is 0 Å². The summed E-state index contributed by atoms with van der Waals surface area (Å²) in [5.74, 6) is 0. The molecule has 15 heavy (non-hydrogen) atoms. The predicted molar refractivity (Wildman–Crippen MR) is 64.5 cm³/mol. The van der Waals surface area contributed by atoms with Crippen molar-refractivity contribution >= 4 is 5.69 Å². The Bertz CT molecular complexity index is 252. The Balaban J connectivity index is 0.00000196. The van der Waals surface area contributed by atoms with Gasteiger partial charge >= 0.3 is 0 Å². The molecule has 0 aliphatic carbocycles. The molecule has 0 fully saturated rings. The van der Waals surface area contributed by atoms with Crippen molar-refractivity contribution in [2.45, 2.75) is 26.7 Å². The number of para-hydroxylation sites is 1. The van der Waals surface area contributed by atoms with Crippen molar-refractivity contribution in [3.05, 3.63) is 30.3 Å². The summed E-state index contributed by atoms with van der Waals surface area (Å²) in [6, 6.07) is 10.8. The minimum absolute atomic E-state index is 0. The van der Waals surface area contributed by atoms with E-state index in [1.165, 1.54) is 31.6 Å². The first-order chi connectivity index (χ1) is 6.73. The maximum absolute atomic E-state index is 2.34. The number of hydrogen-bond donors (Lipinski definition) is 0. The molecule has 0 amide bonds. The van der Waals surface area contributed by atoms with Crippen LogP contribution in [0.3, 0.4) is 0 Å². The van der Waals surface area contributed by atoms with E-state index in [0.29, 0.717) is 0 Å². The molecule has 0 aromatic heterocycles. The number of hydrogen-bond acceptors (Lipinski definition) is 0. The van der Waals surface area contributed by atoms with Crippen LogP contribution in [0.25, 0.3) is 0 Å². The highest BCUT2D eigenvalue weighted by atomic mass is 35.5. The highest BCUT2D eigenvalue weighted by Crippen LogP contribution is 2.21. The number of nitrogens with zero attached hydrogens (tertiary/aromatic N) is 1.